The minimum Gasteiger partial charge on any atom is -0.392 e. The van der Waals surface area contributed by atoms with E-state index in [-0.39, 0.29) is 5.91 Å². The van der Waals surface area contributed by atoms with Crippen LogP contribution in [0.4, 0.5) is 0 Å². The molecular formula is C14H30N2O2. The topological polar surface area (TPSA) is 43.8 Å². The molecule has 1 amide bonds. The van der Waals surface area contributed by atoms with Crippen molar-refractivity contribution in [2.75, 3.05) is 33.2 Å². The third-order valence-corrected chi connectivity index (χ3v) is 2.50. The molecule has 0 aromatic carbocycles. The van der Waals surface area contributed by atoms with Gasteiger partial charge in [0.05, 0.1) is 12.6 Å². The summed E-state index contributed by atoms with van der Waals surface area (Å²) in [6.07, 6.45) is -0.397. The lowest BCUT2D eigenvalue weighted by Gasteiger charge is -2.28. The molecule has 108 valence electrons. The lowest BCUT2D eigenvalue weighted by atomic mass is 10.1. The van der Waals surface area contributed by atoms with E-state index in [1.165, 1.54) is 0 Å². The van der Waals surface area contributed by atoms with E-state index in [4.69, 9.17) is 0 Å². The van der Waals surface area contributed by atoms with Gasteiger partial charge in [-0.15, -0.1) is 0 Å². The molecule has 0 saturated carbocycles. The second-order valence-corrected chi connectivity index (χ2v) is 6.13. The van der Waals surface area contributed by atoms with E-state index in [0.29, 0.717) is 24.9 Å². The molecule has 1 unspecified atom stereocenters. The fraction of sp³-hybridized carbons (Fsp3) is 0.929. The molecule has 0 spiro atoms. The molecule has 0 fully saturated rings. The highest BCUT2D eigenvalue weighted by Gasteiger charge is 2.18. The predicted molar refractivity (Wildman–Crippen MR) is 75.4 cm³/mol. The Morgan fingerprint density at radius 2 is 1.44 bits per heavy atom. The van der Waals surface area contributed by atoms with Gasteiger partial charge in [-0.05, 0) is 25.8 Å². The molecule has 0 heterocycles. The summed E-state index contributed by atoms with van der Waals surface area (Å²) in [6.45, 7) is 12.8. The van der Waals surface area contributed by atoms with Crippen LogP contribution in [0.15, 0.2) is 0 Å². The van der Waals surface area contributed by atoms with Crippen molar-refractivity contribution in [2.45, 2.75) is 40.7 Å². The van der Waals surface area contributed by atoms with Gasteiger partial charge in [-0.3, -0.25) is 9.69 Å². The lowest BCUT2D eigenvalue weighted by Crippen LogP contribution is -2.43. The first-order chi connectivity index (χ1) is 8.22. The van der Waals surface area contributed by atoms with Crippen molar-refractivity contribution in [3.8, 4) is 0 Å². The molecule has 4 heteroatoms. The molecule has 0 aliphatic carbocycles. The van der Waals surface area contributed by atoms with E-state index in [0.717, 1.165) is 13.1 Å². The highest BCUT2D eigenvalue weighted by atomic mass is 16.3. The van der Waals surface area contributed by atoms with Crippen molar-refractivity contribution in [1.29, 1.82) is 0 Å². The third kappa shape index (κ3) is 8.48. The first-order valence-corrected chi connectivity index (χ1v) is 6.86. The maximum absolute atomic E-state index is 12.2. The van der Waals surface area contributed by atoms with Gasteiger partial charge in [0, 0.05) is 19.6 Å². The smallest absolute Gasteiger partial charge is 0.236 e. The maximum atomic E-state index is 12.2. The van der Waals surface area contributed by atoms with Gasteiger partial charge in [0.25, 0.3) is 0 Å². The number of hydrogen-bond acceptors (Lipinski definition) is 3. The number of aliphatic hydroxyl groups excluding tert-OH is 1. The molecule has 0 saturated heterocycles. The van der Waals surface area contributed by atoms with Crippen LogP contribution in [0.25, 0.3) is 0 Å². The van der Waals surface area contributed by atoms with Gasteiger partial charge in [0.15, 0.2) is 0 Å². The number of carbonyl (C=O) groups is 1. The van der Waals surface area contributed by atoms with Gasteiger partial charge in [0.1, 0.15) is 0 Å². The summed E-state index contributed by atoms with van der Waals surface area (Å²) in [5.74, 6) is 1.12. The van der Waals surface area contributed by atoms with Crippen LogP contribution in [0, 0.1) is 11.8 Å². The SMILES string of the molecule is CC(C)CN(CC(C)C)C(=O)CN(C)CC(C)O. The van der Waals surface area contributed by atoms with Crippen LogP contribution in [0.2, 0.25) is 0 Å². The standard InChI is InChI=1S/C14H30N2O2/c1-11(2)7-16(8-12(3)4)14(18)10-15(6)9-13(5)17/h11-13,17H,7-10H2,1-6H3. The Bertz CT molecular complexity index is 230. The zero-order valence-corrected chi connectivity index (χ0v) is 12.8. The van der Waals surface area contributed by atoms with Gasteiger partial charge in [-0.25, -0.2) is 0 Å². The molecule has 0 aromatic heterocycles. The largest absolute Gasteiger partial charge is 0.392 e. The maximum Gasteiger partial charge on any atom is 0.236 e. The average Bonchev–Trinajstić information content (AvgIpc) is 2.13. The number of nitrogens with zero attached hydrogens (tertiary/aromatic N) is 2. The Morgan fingerprint density at radius 3 is 1.78 bits per heavy atom. The predicted octanol–water partition coefficient (Wildman–Crippen LogP) is 1.44. The quantitative estimate of drug-likeness (QED) is 0.716. The van der Waals surface area contributed by atoms with E-state index in [1.807, 2.05) is 16.8 Å². The molecule has 4 nitrogen and oxygen atoms in total. The zero-order valence-electron chi connectivity index (χ0n) is 12.8. The number of amides is 1. The number of carbonyl (C=O) groups excluding carboxylic acids is 1. The number of likely N-dealkylation sites (N-methyl/N-ethyl adjacent to an activating group) is 1. The molecule has 0 rings (SSSR count). The summed E-state index contributed by atoms with van der Waals surface area (Å²) in [5.41, 5.74) is 0. The Kier molecular flexibility index (Phi) is 8.20. The first-order valence-electron chi connectivity index (χ1n) is 6.86. The van der Waals surface area contributed by atoms with E-state index >= 15 is 0 Å². The molecule has 0 aromatic rings. The molecule has 0 aliphatic rings. The van der Waals surface area contributed by atoms with Crippen molar-refractivity contribution >= 4 is 5.91 Å². The highest BCUT2D eigenvalue weighted by Crippen LogP contribution is 2.05. The third-order valence-electron chi connectivity index (χ3n) is 2.50. The van der Waals surface area contributed by atoms with Gasteiger partial charge in [-0.2, -0.15) is 0 Å². The summed E-state index contributed by atoms with van der Waals surface area (Å²) >= 11 is 0. The second kappa shape index (κ2) is 8.48. The van der Waals surface area contributed by atoms with Crippen molar-refractivity contribution in [2.24, 2.45) is 11.8 Å². The van der Waals surface area contributed by atoms with Crippen LogP contribution < -0.4 is 0 Å². The Morgan fingerprint density at radius 1 is 1.00 bits per heavy atom. The van der Waals surface area contributed by atoms with Crippen molar-refractivity contribution in [3.05, 3.63) is 0 Å². The lowest BCUT2D eigenvalue weighted by molar-refractivity contribution is -0.133. The Hall–Kier alpha value is -0.610. The summed E-state index contributed by atoms with van der Waals surface area (Å²) in [5, 5.41) is 9.30. The van der Waals surface area contributed by atoms with Crippen molar-refractivity contribution < 1.29 is 9.90 Å². The summed E-state index contributed by atoms with van der Waals surface area (Å²) in [7, 11) is 1.87. The van der Waals surface area contributed by atoms with Crippen LogP contribution in [-0.4, -0.2) is 60.1 Å². The Labute approximate surface area is 112 Å². The summed E-state index contributed by atoms with van der Waals surface area (Å²) in [6, 6.07) is 0. The van der Waals surface area contributed by atoms with Gasteiger partial charge in [0.2, 0.25) is 5.91 Å². The van der Waals surface area contributed by atoms with Crippen LogP contribution in [-0.2, 0) is 4.79 Å². The average molecular weight is 258 g/mol. The van der Waals surface area contributed by atoms with Gasteiger partial charge >= 0.3 is 0 Å². The fourth-order valence-electron chi connectivity index (χ4n) is 2.01. The number of aliphatic hydroxyl groups is 1. The number of rotatable bonds is 8. The van der Waals surface area contributed by atoms with Gasteiger partial charge in [-0.1, -0.05) is 27.7 Å². The minimum absolute atomic E-state index is 0.153. The summed E-state index contributed by atoms with van der Waals surface area (Å²) < 4.78 is 0. The van der Waals surface area contributed by atoms with Crippen molar-refractivity contribution in [1.82, 2.24) is 9.80 Å². The fourth-order valence-corrected chi connectivity index (χ4v) is 2.01. The number of hydrogen-bond donors (Lipinski definition) is 1. The zero-order chi connectivity index (χ0) is 14.3. The first kappa shape index (κ1) is 17.4. The van der Waals surface area contributed by atoms with E-state index in [9.17, 15) is 9.90 Å². The van der Waals surface area contributed by atoms with Crippen molar-refractivity contribution in [3.63, 3.8) is 0 Å². The van der Waals surface area contributed by atoms with Crippen LogP contribution in [0.3, 0.4) is 0 Å². The van der Waals surface area contributed by atoms with Crippen LogP contribution in [0.5, 0.6) is 0 Å². The molecular weight excluding hydrogens is 228 g/mol. The minimum atomic E-state index is -0.397. The molecule has 1 atom stereocenters. The Balaban J connectivity index is 4.36. The highest BCUT2D eigenvalue weighted by molar-refractivity contribution is 5.78. The van der Waals surface area contributed by atoms with E-state index < -0.39 is 6.10 Å². The molecule has 18 heavy (non-hydrogen) atoms. The van der Waals surface area contributed by atoms with E-state index in [2.05, 4.69) is 27.7 Å². The summed E-state index contributed by atoms with van der Waals surface area (Å²) in [4.78, 5) is 16.0. The molecule has 1 N–H and O–H groups in total. The van der Waals surface area contributed by atoms with Crippen LogP contribution >= 0.6 is 0 Å². The molecule has 0 radical (unpaired) electrons. The second-order valence-electron chi connectivity index (χ2n) is 6.13. The molecule has 0 bridgehead atoms. The normalized spacial score (nSPS) is 13.4. The molecule has 0 aliphatic heterocycles. The van der Waals surface area contributed by atoms with E-state index in [1.54, 1.807) is 6.92 Å². The monoisotopic (exact) mass is 258 g/mol. The van der Waals surface area contributed by atoms with Crippen LogP contribution in [0.1, 0.15) is 34.6 Å². The van der Waals surface area contributed by atoms with Gasteiger partial charge < -0.3 is 10.0 Å².